The number of nitrogens with one attached hydrogen (secondary N) is 1. The highest BCUT2D eigenvalue weighted by atomic mass is 35.5. The molecule has 16 heavy (non-hydrogen) atoms. The number of anilines is 1. The van der Waals surface area contributed by atoms with E-state index in [-0.39, 0.29) is 0 Å². The molecule has 0 aliphatic carbocycles. The van der Waals surface area contributed by atoms with Crippen LogP contribution in [-0.4, -0.2) is 25.7 Å². The fourth-order valence-corrected chi connectivity index (χ4v) is 2.29. The van der Waals surface area contributed by atoms with Crippen molar-refractivity contribution in [1.29, 1.82) is 0 Å². The first-order valence-corrected chi connectivity index (χ1v) is 6.41. The van der Waals surface area contributed by atoms with Crippen LogP contribution in [0.15, 0.2) is 24.3 Å². The maximum Gasteiger partial charge on any atom is 0.0407 e. The summed E-state index contributed by atoms with van der Waals surface area (Å²) in [6, 6.07) is 8.78. The molecule has 0 bridgehead atoms. The molecular weight excluding hydrogens is 220 g/mol. The average Bonchev–Trinajstić information content (AvgIpc) is 2.76. The van der Waals surface area contributed by atoms with Crippen LogP contribution in [0.2, 0.25) is 5.02 Å². The van der Waals surface area contributed by atoms with E-state index in [9.17, 15) is 0 Å². The van der Waals surface area contributed by atoms with Gasteiger partial charge in [0.25, 0.3) is 0 Å². The Morgan fingerprint density at radius 1 is 1.38 bits per heavy atom. The van der Waals surface area contributed by atoms with Crippen molar-refractivity contribution in [2.24, 2.45) is 0 Å². The minimum atomic E-state index is 0.649. The molecule has 1 N–H and O–H groups in total. The minimum Gasteiger partial charge on any atom is -0.370 e. The van der Waals surface area contributed by atoms with Gasteiger partial charge in [0, 0.05) is 29.8 Å². The van der Waals surface area contributed by atoms with E-state index >= 15 is 0 Å². The summed E-state index contributed by atoms with van der Waals surface area (Å²) >= 11 is 5.88. The van der Waals surface area contributed by atoms with Crippen molar-refractivity contribution in [2.45, 2.75) is 25.8 Å². The summed E-state index contributed by atoms with van der Waals surface area (Å²) < 4.78 is 0. The fraction of sp³-hybridized carbons (Fsp3) is 0.538. The Morgan fingerprint density at radius 3 is 2.81 bits per heavy atom. The summed E-state index contributed by atoms with van der Waals surface area (Å²) in [6.07, 6.45) is 2.44. The van der Waals surface area contributed by atoms with Crippen molar-refractivity contribution in [3.63, 3.8) is 0 Å². The van der Waals surface area contributed by atoms with Gasteiger partial charge < -0.3 is 10.2 Å². The number of rotatable bonds is 4. The predicted octanol–water partition coefficient (Wildman–Crippen LogP) is 2.92. The van der Waals surface area contributed by atoms with E-state index in [0.717, 1.165) is 24.7 Å². The number of benzene rings is 1. The van der Waals surface area contributed by atoms with Gasteiger partial charge >= 0.3 is 0 Å². The monoisotopic (exact) mass is 238 g/mol. The van der Waals surface area contributed by atoms with Gasteiger partial charge in [-0.25, -0.2) is 0 Å². The maximum absolute atomic E-state index is 5.88. The van der Waals surface area contributed by atoms with Gasteiger partial charge in [-0.3, -0.25) is 0 Å². The van der Waals surface area contributed by atoms with Gasteiger partial charge in [-0.15, -0.1) is 0 Å². The summed E-state index contributed by atoms with van der Waals surface area (Å²) in [5, 5.41) is 4.38. The van der Waals surface area contributed by atoms with Crippen LogP contribution in [0.1, 0.15) is 19.8 Å². The van der Waals surface area contributed by atoms with E-state index in [1.807, 2.05) is 12.1 Å². The van der Waals surface area contributed by atoms with Crippen LogP contribution in [0.4, 0.5) is 5.69 Å². The molecule has 1 fully saturated rings. The van der Waals surface area contributed by atoms with Crippen LogP contribution in [0.25, 0.3) is 0 Å². The van der Waals surface area contributed by atoms with Crippen LogP contribution in [0, 0.1) is 0 Å². The van der Waals surface area contributed by atoms with E-state index in [0.29, 0.717) is 6.04 Å². The summed E-state index contributed by atoms with van der Waals surface area (Å²) in [4.78, 5) is 2.42. The average molecular weight is 239 g/mol. The highest BCUT2D eigenvalue weighted by molar-refractivity contribution is 6.30. The molecule has 1 aliphatic heterocycles. The second kappa shape index (κ2) is 5.55. The molecule has 1 atom stereocenters. The van der Waals surface area contributed by atoms with Gasteiger partial charge in [-0.05, 0) is 43.7 Å². The zero-order valence-electron chi connectivity index (χ0n) is 9.75. The lowest BCUT2D eigenvalue weighted by Gasteiger charge is -2.19. The van der Waals surface area contributed by atoms with Crippen LogP contribution < -0.4 is 10.2 Å². The molecule has 0 aromatic heterocycles. The molecule has 1 saturated heterocycles. The molecule has 0 amide bonds. The normalized spacial score (nSPS) is 20.4. The minimum absolute atomic E-state index is 0.649. The van der Waals surface area contributed by atoms with Crippen LogP contribution in [0.3, 0.4) is 0 Å². The van der Waals surface area contributed by atoms with Crippen molar-refractivity contribution >= 4 is 17.3 Å². The standard InChI is InChI=1S/C13H19ClN2/c1-2-8-15-12-7-9-16(10-12)13-5-3-11(14)4-6-13/h3-6,12,15H,2,7-10H2,1H3. The number of hydrogen-bond acceptors (Lipinski definition) is 2. The molecule has 1 aromatic carbocycles. The van der Waals surface area contributed by atoms with E-state index < -0.39 is 0 Å². The smallest absolute Gasteiger partial charge is 0.0407 e. The molecule has 2 rings (SSSR count). The van der Waals surface area contributed by atoms with E-state index in [1.165, 1.54) is 18.5 Å². The first-order chi connectivity index (χ1) is 7.79. The lowest BCUT2D eigenvalue weighted by atomic mass is 10.2. The molecule has 1 heterocycles. The van der Waals surface area contributed by atoms with Crippen molar-refractivity contribution in [2.75, 3.05) is 24.5 Å². The summed E-state index contributed by atoms with van der Waals surface area (Å²) in [7, 11) is 0. The Morgan fingerprint density at radius 2 is 2.12 bits per heavy atom. The van der Waals surface area contributed by atoms with Crippen LogP contribution in [0.5, 0.6) is 0 Å². The second-order valence-electron chi connectivity index (χ2n) is 4.36. The van der Waals surface area contributed by atoms with Crippen molar-refractivity contribution in [1.82, 2.24) is 5.32 Å². The quantitative estimate of drug-likeness (QED) is 0.868. The molecule has 0 spiro atoms. The first-order valence-electron chi connectivity index (χ1n) is 6.03. The predicted molar refractivity (Wildman–Crippen MR) is 70.4 cm³/mol. The Bertz CT molecular complexity index is 323. The molecule has 0 saturated carbocycles. The zero-order chi connectivity index (χ0) is 11.4. The summed E-state index contributed by atoms with van der Waals surface area (Å²) in [5.74, 6) is 0. The Kier molecular flexibility index (Phi) is 4.08. The molecule has 1 aromatic rings. The van der Waals surface area contributed by atoms with E-state index in [4.69, 9.17) is 11.6 Å². The Labute approximate surface area is 103 Å². The van der Waals surface area contributed by atoms with Gasteiger partial charge in [0.15, 0.2) is 0 Å². The second-order valence-corrected chi connectivity index (χ2v) is 4.80. The topological polar surface area (TPSA) is 15.3 Å². The highest BCUT2D eigenvalue weighted by Gasteiger charge is 2.21. The van der Waals surface area contributed by atoms with Gasteiger partial charge in [0.05, 0.1) is 0 Å². The van der Waals surface area contributed by atoms with Gasteiger partial charge in [-0.2, -0.15) is 0 Å². The first kappa shape index (κ1) is 11.7. The molecule has 88 valence electrons. The highest BCUT2D eigenvalue weighted by Crippen LogP contribution is 2.22. The van der Waals surface area contributed by atoms with Crippen molar-refractivity contribution < 1.29 is 0 Å². The number of nitrogens with zero attached hydrogens (tertiary/aromatic N) is 1. The van der Waals surface area contributed by atoms with Gasteiger partial charge in [0.2, 0.25) is 0 Å². The molecule has 2 nitrogen and oxygen atoms in total. The number of halogens is 1. The summed E-state index contributed by atoms with van der Waals surface area (Å²) in [5.41, 5.74) is 1.28. The van der Waals surface area contributed by atoms with Gasteiger partial charge in [0.1, 0.15) is 0 Å². The maximum atomic E-state index is 5.88. The number of hydrogen-bond donors (Lipinski definition) is 1. The molecule has 3 heteroatoms. The SMILES string of the molecule is CCCNC1CCN(c2ccc(Cl)cc2)C1. The Hall–Kier alpha value is -0.730. The van der Waals surface area contributed by atoms with Crippen molar-refractivity contribution in [3.8, 4) is 0 Å². The van der Waals surface area contributed by atoms with Crippen LogP contribution >= 0.6 is 11.6 Å². The third-order valence-electron chi connectivity index (χ3n) is 3.06. The lowest BCUT2D eigenvalue weighted by molar-refractivity contribution is 0.549. The van der Waals surface area contributed by atoms with E-state index in [1.54, 1.807) is 0 Å². The molecular formula is C13H19ClN2. The van der Waals surface area contributed by atoms with Crippen LogP contribution in [-0.2, 0) is 0 Å². The third kappa shape index (κ3) is 2.89. The fourth-order valence-electron chi connectivity index (χ4n) is 2.16. The van der Waals surface area contributed by atoms with Gasteiger partial charge in [-0.1, -0.05) is 18.5 Å². The third-order valence-corrected chi connectivity index (χ3v) is 3.32. The zero-order valence-corrected chi connectivity index (χ0v) is 10.5. The summed E-state index contributed by atoms with van der Waals surface area (Å²) in [6.45, 7) is 5.59. The molecule has 1 unspecified atom stereocenters. The Balaban J connectivity index is 1.90. The van der Waals surface area contributed by atoms with E-state index in [2.05, 4.69) is 29.3 Å². The largest absolute Gasteiger partial charge is 0.370 e. The lowest BCUT2D eigenvalue weighted by Crippen LogP contribution is -2.32. The van der Waals surface area contributed by atoms with Crippen molar-refractivity contribution in [3.05, 3.63) is 29.3 Å². The molecule has 0 radical (unpaired) electrons. The molecule has 1 aliphatic rings.